The summed E-state index contributed by atoms with van der Waals surface area (Å²) >= 11 is 3.44. The lowest BCUT2D eigenvalue weighted by atomic mass is 9.96. The van der Waals surface area contributed by atoms with E-state index in [-0.39, 0.29) is 11.9 Å². The fraction of sp³-hybridized carbons (Fsp3) is 0.0588. The topological polar surface area (TPSA) is 62.0 Å². The number of H-pyrrole nitrogens is 1. The first-order chi connectivity index (χ1) is 10.7. The van der Waals surface area contributed by atoms with E-state index >= 15 is 0 Å². The summed E-state index contributed by atoms with van der Waals surface area (Å²) in [6.45, 7) is 0. The van der Waals surface area contributed by atoms with Gasteiger partial charge < -0.3 is 10.3 Å². The van der Waals surface area contributed by atoms with Gasteiger partial charge in [-0.1, -0.05) is 34.1 Å². The van der Waals surface area contributed by atoms with Gasteiger partial charge >= 0.3 is 0 Å². The Morgan fingerprint density at radius 1 is 1.14 bits per heavy atom. The van der Waals surface area contributed by atoms with E-state index in [0.717, 1.165) is 32.8 Å². The minimum atomic E-state index is -0.323. The molecule has 0 aliphatic carbocycles. The maximum absolute atomic E-state index is 12.2. The number of amides is 1. The quantitative estimate of drug-likeness (QED) is 0.691. The lowest BCUT2D eigenvalue weighted by molar-refractivity contribution is 0.0959. The molecule has 0 bridgehead atoms. The number of benzene rings is 2. The number of nitrogens with one attached hydrogen (secondary N) is 2. The summed E-state index contributed by atoms with van der Waals surface area (Å²) in [4.78, 5) is 26.8. The van der Waals surface area contributed by atoms with Gasteiger partial charge in [0.2, 0.25) is 0 Å². The molecule has 2 aromatic carbocycles. The van der Waals surface area contributed by atoms with Crippen LogP contribution in [-0.4, -0.2) is 17.2 Å². The van der Waals surface area contributed by atoms with Crippen molar-refractivity contribution in [2.75, 3.05) is 0 Å². The zero-order valence-corrected chi connectivity index (χ0v) is 13.0. The van der Waals surface area contributed by atoms with Crippen LogP contribution in [0, 0.1) is 0 Å². The van der Waals surface area contributed by atoms with Crippen LogP contribution < -0.4 is 5.32 Å². The Kier molecular flexibility index (Phi) is 2.90. The minimum Gasteiger partial charge on any atom is -0.352 e. The van der Waals surface area contributed by atoms with Crippen molar-refractivity contribution in [3.05, 3.63) is 69.3 Å². The normalized spacial score (nSPS) is 16.6. The molecule has 108 valence electrons. The number of hydrogen-bond acceptors (Lipinski definition) is 2. The average Bonchev–Trinajstić information content (AvgIpc) is 3.04. The Morgan fingerprint density at radius 3 is 2.77 bits per heavy atom. The second kappa shape index (κ2) is 4.81. The highest BCUT2D eigenvalue weighted by Crippen LogP contribution is 2.37. The van der Waals surface area contributed by atoms with Gasteiger partial charge in [0.25, 0.3) is 5.91 Å². The predicted octanol–water partition coefficient (Wildman–Crippen LogP) is 3.58. The predicted molar refractivity (Wildman–Crippen MR) is 87.1 cm³/mol. The van der Waals surface area contributed by atoms with Gasteiger partial charge in [-0.25, -0.2) is 0 Å². The van der Waals surface area contributed by atoms with Crippen LogP contribution in [0.4, 0.5) is 0 Å². The fourth-order valence-corrected chi connectivity index (χ4v) is 3.46. The molecule has 2 heterocycles. The van der Waals surface area contributed by atoms with Crippen LogP contribution >= 0.6 is 15.9 Å². The van der Waals surface area contributed by atoms with Gasteiger partial charge in [0.05, 0.1) is 11.7 Å². The van der Waals surface area contributed by atoms with Gasteiger partial charge in [0, 0.05) is 26.5 Å². The van der Waals surface area contributed by atoms with Crippen molar-refractivity contribution in [1.29, 1.82) is 0 Å². The number of rotatable bonds is 2. The fourth-order valence-electron chi connectivity index (χ4n) is 3.08. The Hall–Kier alpha value is -2.40. The Labute approximate surface area is 134 Å². The second-order valence-electron chi connectivity index (χ2n) is 5.25. The van der Waals surface area contributed by atoms with Crippen molar-refractivity contribution in [2.24, 2.45) is 0 Å². The Morgan fingerprint density at radius 2 is 1.95 bits per heavy atom. The number of hydrogen-bond donors (Lipinski definition) is 2. The van der Waals surface area contributed by atoms with E-state index < -0.39 is 0 Å². The number of aromatic nitrogens is 1. The molecule has 2 N–H and O–H groups in total. The van der Waals surface area contributed by atoms with Crippen LogP contribution in [0.1, 0.15) is 38.0 Å². The summed E-state index contributed by atoms with van der Waals surface area (Å²) in [6, 6.07) is 13.0. The van der Waals surface area contributed by atoms with Crippen molar-refractivity contribution in [1.82, 2.24) is 10.3 Å². The molecule has 5 heteroatoms. The van der Waals surface area contributed by atoms with Crippen molar-refractivity contribution >= 4 is 39.0 Å². The number of carbonyl (C=O) groups is 2. The van der Waals surface area contributed by atoms with Crippen LogP contribution in [0.25, 0.3) is 10.9 Å². The monoisotopic (exact) mass is 354 g/mol. The van der Waals surface area contributed by atoms with Crippen molar-refractivity contribution in [2.45, 2.75) is 6.04 Å². The number of fused-ring (bicyclic) bond motifs is 2. The summed E-state index contributed by atoms with van der Waals surface area (Å²) < 4.78 is 0.903. The summed E-state index contributed by atoms with van der Waals surface area (Å²) in [5.41, 5.74) is 3.73. The van der Waals surface area contributed by atoms with Crippen molar-refractivity contribution in [3.8, 4) is 0 Å². The zero-order chi connectivity index (χ0) is 15.3. The number of aromatic amines is 1. The lowest BCUT2D eigenvalue weighted by Gasteiger charge is -2.12. The summed E-state index contributed by atoms with van der Waals surface area (Å²) in [5, 5.41) is 3.92. The molecule has 3 aromatic rings. The molecule has 1 unspecified atom stereocenters. The maximum atomic E-state index is 12.2. The molecule has 1 aliphatic heterocycles. The summed E-state index contributed by atoms with van der Waals surface area (Å²) in [7, 11) is 0. The van der Waals surface area contributed by atoms with E-state index in [2.05, 4.69) is 26.2 Å². The third-order valence-corrected chi connectivity index (χ3v) is 4.52. The highest BCUT2D eigenvalue weighted by Gasteiger charge is 2.33. The van der Waals surface area contributed by atoms with E-state index in [4.69, 9.17) is 0 Å². The molecule has 22 heavy (non-hydrogen) atoms. The van der Waals surface area contributed by atoms with Crippen LogP contribution in [0.3, 0.4) is 0 Å². The molecule has 0 radical (unpaired) electrons. The molecule has 1 atom stereocenters. The molecular weight excluding hydrogens is 344 g/mol. The molecule has 0 saturated carbocycles. The van der Waals surface area contributed by atoms with Crippen LogP contribution in [-0.2, 0) is 0 Å². The molecule has 0 spiro atoms. The summed E-state index contributed by atoms with van der Waals surface area (Å²) in [5.74, 6) is -0.116. The second-order valence-corrected chi connectivity index (χ2v) is 6.17. The Bertz CT molecular complexity index is 930. The summed E-state index contributed by atoms with van der Waals surface area (Å²) in [6.07, 6.45) is 0.803. The highest BCUT2D eigenvalue weighted by molar-refractivity contribution is 9.10. The number of carbonyl (C=O) groups excluding carboxylic acids is 2. The van der Waals surface area contributed by atoms with Gasteiger partial charge in [-0.3, -0.25) is 9.59 Å². The van der Waals surface area contributed by atoms with E-state index in [0.29, 0.717) is 11.3 Å². The zero-order valence-electron chi connectivity index (χ0n) is 11.4. The Balaban J connectivity index is 2.00. The molecule has 0 fully saturated rings. The van der Waals surface area contributed by atoms with Crippen LogP contribution in [0.5, 0.6) is 0 Å². The molecule has 1 aliphatic rings. The van der Waals surface area contributed by atoms with Gasteiger partial charge in [-0.05, 0) is 29.8 Å². The maximum Gasteiger partial charge on any atom is 0.252 e. The van der Waals surface area contributed by atoms with E-state index in [1.54, 1.807) is 6.07 Å². The lowest BCUT2D eigenvalue weighted by Crippen LogP contribution is -2.20. The van der Waals surface area contributed by atoms with Gasteiger partial charge in [-0.2, -0.15) is 0 Å². The van der Waals surface area contributed by atoms with Gasteiger partial charge in [-0.15, -0.1) is 0 Å². The average molecular weight is 355 g/mol. The third kappa shape index (κ3) is 1.82. The molecular formula is C17H11BrN2O2. The molecule has 4 nitrogen and oxygen atoms in total. The number of aldehydes is 1. The molecule has 1 aromatic heterocycles. The van der Waals surface area contributed by atoms with E-state index in [1.165, 1.54) is 0 Å². The van der Waals surface area contributed by atoms with Crippen LogP contribution in [0.2, 0.25) is 0 Å². The van der Waals surface area contributed by atoms with Crippen molar-refractivity contribution < 1.29 is 9.59 Å². The van der Waals surface area contributed by atoms with Crippen LogP contribution in [0.15, 0.2) is 46.9 Å². The van der Waals surface area contributed by atoms with Crippen molar-refractivity contribution in [3.63, 3.8) is 0 Å². The third-order valence-electron chi connectivity index (χ3n) is 4.03. The molecule has 4 rings (SSSR count). The number of para-hydroxylation sites is 1. The molecule has 0 saturated heterocycles. The van der Waals surface area contributed by atoms with E-state index in [9.17, 15) is 9.59 Å². The van der Waals surface area contributed by atoms with Gasteiger partial charge in [0.15, 0.2) is 6.29 Å². The SMILES string of the molecule is O=Cc1[nH]c2ccccc2c1C1NC(=O)c2ccc(Br)cc21. The smallest absolute Gasteiger partial charge is 0.252 e. The largest absolute Gasteiger partial charge is 0.352 e. The van der Waals surface area contributed by atoms with Gasteiger partial charge in [0.1, 0.15) is 0 Å². The standard InChI is InChI=1S/C17H11BrN2O2/c18-9-5-6-10-12(7-9)16(20-17(10)22)15-11-3-1-2-4-13(11)19-14(15)8-21/h1-8,16,19H,(H,20,22). The first-order valence-electron chi connectivity index (χ1n) is 6.85. The minimum absolute atomic E-state index is 0.116. The first kappa shape index (κ1) is 13.3. The highest BCUT2D eigenvalue weighted by atomic mass is 79.9. The molecule has 1 amide bonds. The number of halogens is 1. The first-order valence-corrected chi connectivity index (χ1v) is 7.64. The van der Waals surface area contributed by atoms with E-state index in [1.807, 2.05) is 36.4 Å².